The zero-order chi connectivity index (χ0) is 17.1. The van der Waals surface area contributed by atoms with Crippen molar-refractivity contribution >= 4 is 39.1 Å². The number of hydrazone groups is 1. The number of carbonyl (C=O) groups excluding carboxylic acids is 1. The number of nitrogens with one attached hydrogen (secondary N) is 1. The molecular formula is C17H15BrN4O2. The fourth-order valence-corrected chi connectivity index (χ4v) is 2.72. The van der Waals surface area contributed by atoms with E-state index in [0.717, 1.165) is 15.5 Å². The molecular weight excluding hydrogens is 372 g/mol. The molecule has 1 amide bonds. The van der Waals surface area contributed by atoms with Crippen LogP contribution in [0.5, 0.6) is 5.75 Å². The maximum absolute atomic E-state index is 12.0. The number of hydrogen-bond acceptors (Lipinski definition) is 4. The Kier molecular flexibility index (Phi) is 4.61. The summed E-state index contributed by atoms with van der Waals surface area (Å²) in [6, 6.07) is 12.7. The molecule has 0 radical (unpaired) electrons. The predicted octanol–water partition coefficient (Wildman–Crippen LogP) is 2.73. The number of phenols is 1. The third kappa shape index (κ3) is 3.46. The van der Waals surface area contributed by atoms with Crippen molar-refractivity contribution in [2.75, 3.05) is 0 Å². The minimum Gasteiger partial charge on any atom is -0.507 e. The van der Waals surface area contributed by atoms with Crippen LogP contribution in [0.15, 0.2) is 52.0 Å². The molecule has 2 aromatic carbocycles. The number of imidazole rings is 1. The van der Waals surface area contributed by atoms with Gasteiger partial charge in [0.05, 0.1) is 23.7 Å². The summed E-state index contributed by atoms with van der Waals surface area (Å²) in [5, 5.41) is 13.6. The number of carbonyl (C=O) groups is 1. The number of halogens is 1. The number of benzene rings is 2. The average molecular weight is 387 g/mol. The number of hydrogen-bond donors (Lipinski definition) is 2. The van der Waals surface area contributed by atoms with Crippen molar-refractivity contribution in [2.45, 2.75) is 6.42 Å². The molecule has 0 fully saturated rings. The molecule has 0 aliphatic carbocycles. The van der Waals surface area contributed by atoms with Crippen LogP contribution in [0.4, 0.5) is 0 Å². The van der Waals surface area contributed by atoms with Crippen LogP contribution < -0.4 is 5.43 Å². The summed E-state index contributed by atoms with van der Waals surface area (Å²) >= 11 is 3.31. The zero-order valence-electron chi connectivity index (χ0n) is 12.9. The van der Waals surface area contributed by atoms with Gasteiger partial charge in [-0.1, -0.05) is 28.1 Å². The van der Waals surface area contributed by atoms with E-state index >= 15 is 0 Å². The van der Waals surface area contributed by atoms with E-state index in [1.165, 1.54) is 6.21 Å². The molecule has 7 heteroatoms. The maximum atomic E-state index is 12.0. The molecule has 1 aromatic heterocycles. The van der Waals surface area contributed by atoms with Gasteiger partial charge in [0.15, 0.2) is 0 Å². The monoisotopic (exact) mass is 386 g/mol. The predicted molar refractivity (Wildman–Crippen MR) is 96.0 cm³/mol. The normalized spacial score (nSPS) is 11.2. The van der Waals surface area contributed by atoms with Gasteiger partial charge in [-0.25, -0.2) is 10.4 Å². The Morgan fingerprint density at radius 2 is 2.17 bits per heavy atom. The lowest BCUT2D eigenvalue weighted by atomic mass is 10.2. The summed E-state index contributed by atoms with van der Waals surface area (Å²) in [5.41, 5.74) is 4.78. The quantitative estimate of drug-likeness (QED) is 0.534. The largest absolute Gasteiger partial charge is 0.507 e. The number of aromatic nitrogens is 2. The second kappa shape index (κ2) is 6.84. The molecule has 3 aromatic rings. The first-order valence-electron chi connectivity index (χ1n) is 7.25. The van der Waals surface area contributed by atoms with Crippen molar-refractivity contribution in [1.82, 2.24) is 15.0 Å². The third-order valence-corrected chi connectivity index (χ3v) is 4.07. The van der Waals surface area contributed by atoms with Crippen LogP contribution in [0.25, 0.3) is 11.0 Å². The number of nitrogens with zero attached hydrogens (tertiary/aromatic N) is 3. The Hall–Kier alpha value is -2.67. The number of phenolic OH excluding ortho intramolecular Hbond substituents is 1. The van der Waals surface area contributed by atoms with Gasteiger partial charge in [-0.05, 0) is 30.3 Å². The van der Waals surface area contributed by atoms with Crippen molar-refractivity contribution in [3.63, 3.8) is 0 Å². The number of amides is 1. The lowest BCUT2D eigenvalue weighted by molar-refractivity contribution is -0.120. The summed E-state index contributed by atoms with van der Waals surface area (Å²) in [5.74, 6) is 0.472. The van der Waals surface area contributed by atoms with E-state index in [1.807, 2.05) is 35.9 Å². The molecule has 2 N–H and O–H groups in total. The molecule has 0 spiro atoms. The SMILES string of the molecule is Cn1c(CC(=O)N/N=C/c2cc(Br)ccc2O)nc2ccccc21. The number of aromatic hydroxyl groups is 1. The Morgan fingerprint density at radius 1 is 1.38 bits per heavy atom. The molecule has 0 bridgehead atoms. The van der Waals surface area contributed by atoms with Gasteiger partial charge in [-0.2, -0.15) is 5.10 Å². The van der Waals surface area contributed by atoms with E-state index < -0.39 is 0 Å². The number of fused-ring (bicyclic) bond motifs is 1. The highest BCUT2D eigenvalue weighted by Gasteiger charge is 2.11. The van der Waals surface area contributed by atoms with Crippen LogP contribution in [0, 0.1) is 0 Å². The van der Waals surface area contributed by atoms with E-state index in [2.05, 4.69) is 31.4 Å². The summed E-state index contributed by atoms with van der Waals surface area (Å²) in [6.07, 6.45) is 1.51. The van der Waals surface area contributed by atoms with Crippen LogP contribution in [0.3, 0.4) is 0 Å². The van der Waals surface area contributed by atoms with Crippen LogP contribution >= 0.6 is 15.9 Å². The van der Waals surface area contributed by atoms with Gasteiger partial charge < -0.3 is 9.67 Å². The Balaban J connectivity index is 1.68. The zero-order valence-corrected chi connectivity index (χ0v) is 14.5. The average Bonchev–Trinajstić information content (AvgIpc) is 2.87. The van der Waals surface area contributed by atoms with Crippen molar-refractivity contribution < 1.29 is 9.90 Å². The summed E-state index contributed by atoms with van der Waals surface area (Å²) in [7, 11) is 1.88. The van der Waals surface area contributed by atoms with E-state index in [-0.39, 0.29) is 18.1 Å². The lowest BCUT2D eigenvalue weighted by Gasteiger charge is -2.02. The minimum atomic E-state index is -0.279. The lowest BCUT2D eigenvalue weighted by Crippen LogP contribution is -2.21. The van der Waals surface area contributed by atoms with E-state index in [1.54, 1.807) is 18.2 Å². The fraction of sp³-hybridized carbons (Fsp3) is 0.118. The van der Waals surface area contributed by atoms with Crippen molar-refractivity contribution in [3.05, 3.63) is 58.3 Å². The summed E-state index contributed by atoms with van der Waals surface area (Å²) in [4.78, 5) is 16.5. The molecule has 0 unspecified atom stereocenters. The van der Waals surface area contributed by atoms with Crippen LogP contribution in [-0.4, -0.2) is 26.8 Å². The van der Waals surface area contributed by atoms with E-state index in [0.29, 0.717) is 11.4 Å². The van der Waals surface area contributed by atoms with Crippen molar-refractivity contribution in [3.8, 4) is 5.75 Å². The maximum Gasteiger partial charge on any atom is 0.247 e. The van der Waals surface area contributed by atoms with E-state index in [9.17, 15) is 9.90 Å². The third-order valence-electron chi connectivity index (χ3n) is 3.58. The van der Waals surface area contributed by atoms with Crippen LogP contribution in [0.2, 0.25) is 0 Å². The highest BCUT2D eigenvalue weighted by Crippen LogP contribution is 2.20. The van der Waals surface area contributed by atoms with Crippen molar-refractivity contribution in [1.29, 1.82) is 0 Å². The van der Waals surface area contributed by atoms with Gasteiger partial charge in [0.25, 0.3) is 0 Å². The highest BCUT2D eigenvalue weighted by atomic mass is 79.9. The van der Waals surface area contributed by atoms with E-state index in [4.69, 9.17) is 0 Å². The molecule has 1 heterocycles. The number of aryl methyl sites for hydroxylation is 1. The fourth-order valence-electron chi connectivity index (χ4n) is 2.34. The number of para-hydroxylation sites is 2. The molecule has 0 saturated heterocycles. The molecule has 0 saturated carbocycles. The van der Waals surface area contributed by atoms with Gasteiger partial charge in [0.2, 0.25) is 5.91 Å². The molecule has 122 valence electrons. The van der Waals surface area contributed by atoms with Gasteiger partial charge in [0, 0.05) is 17.1 Å². The van der Waals surface area contributed by atoms with Gasteiger partial charge >= 0.3 is 0 Å². The summed E-state index contributed by atoms with van der Waals surface area (Å²) < 4.78 is 2.70. The first-order valence-corrected chi connectivity index (χ1v) is 8.04. The first-order chi connectivity index (χ1) is 11.5. The molecule has 0 atom stereocenters. The molecule has 0 aliphatic heterocycles. The first kappa shape index (κ1) is 16.2. The van der Waals surface area contributed by atoms with Gasteiger partial charge in [-0.3, -0.25) is 4.79 Å². The number of rotatable bonds is 4. The molecule has 0 aliphatic rings. The topological polar surface area (TPSA) is 79.5 Å². The van der Waals surface area contributed by atoms with Crippen LogP contribution in [-0.2, 0) is 18.3 Å². The van der Waals surface area contributed by atoms with Crippen molar-refractivity contribution in [2.24, 2.45) is 12.1 Å². The standard InChI is InChI=1S/C17H15BrN4O2/c1-22-14-5-3-2-4-13(14)20-16(22)9-17(24)21-19-10-11-8-12(18)6-7-15(11)23/h2-8,10,23H,9H2,1H3,(H,21,24)/b19-10+. The molecule has 3 rings (SSSR count). The smallest absolute Gasteiger partial charge is 0.247 e. The second-order valence-corrected chi connectivity index (χ2v) is 6.16. The summed E-state index contributed by atoms with van der Waals surface area (Å²) in [6.45, 7) is 0. The molecule has 24 heavy (non-hydrogen) atoms. The molecule has 6 nitrogen and oxygen atoms in total. The second-order valence-electron chi connectivity index (χ2n) is 5.25. The minimum absolute atomic E-state index is 0.0894. The van der Waals surface area contributed by atoms with Gasteiger partial charge in [0.1, 0.15) is 11.6 Å². The van der Waals surface area contributed by atoms with Crippen LogP contribution in [0.1, 0.15) is 11.4 Å². The highest BCUT2D eigenvalue weighted by molar-refractivity contribution is 9.10. The Labute approximate surface area is 147 Å². The van der Waals surface area contributed by atoms with Gasteiger partial charge in [-0.15, -0.1) is 0 Å². The Morgan fingerprint density at radius 3 is 2.96 bits per heavy atom. The Bertz CT molecular complexity index is 933.